The Bertz CT molecular complexity index is 176. The summed E-state index contributed by atoms with van der Waals surface area (Å²) >= 11 is 0. The van der Waals surface area contributed by atoms with Gasteiger partial charge in [0.25, 0.3) is 0 Å². The van der Waals surface area contributed by atoms with E-state index in [2.05, 4.69) is 6.92 Å². The van der Waals surface area contributed by atoms with Gasteiger partial charge in [-0.1, -0.05) is 32.6 Å². The van der Waals surface area contributed by atoms with Crippen molar-refractivity contribution in [2.45, 2.75) is 45.4 Å². The van der Waals surface area contributed by atoms with Crippen LogP contribution in [0.15, 0.2) is 11.8 Å². The van der Waals surface area contributed by atoms with E-state index in [1.54, 1.807) is 0 Å². The lowest BCUT2D eigenvalue weighted by molar-refractivity contribution is -0.110. The van der Waals surface area contributed by atoms with Gasteiger partial charge in [-0.2, -0.15) is 0 Å². The van der Waals surface area contributed by atoms with E-state index in [4.69, 9.17) is 9.47 Å². The SMILES string of the molecule is CCCCCCCC=C(C=O)OCOC. The molecule has 0 radical (unpaired) electrons. The first-order valence-electron chi connectivity index (χ1n) is 5.62. The molecule has 88 valence electrons. The van der Waals surface area contributed by atoms with E-state index in [1.165, 1.54) is 32.8 Å². The van der Waals surface area contributed by atoms with Crippen LogP contribution in [0.4, 0.5) is 0 Å². The molecule has 0 aliphatic carbocycles. The third-order valence-electron chi connectivity index (χ3n) is 2.11. The molecule has 0 saturated heterocycles. The Balaban J connectivity index is 3.48. The van der Waals surface area contributed by atoms with E-state index in [0.29, 0.717) is 5.76 Å². The van der Waals surface area contributed by atoms with Crippen LogP contribution < -0.4 is 0 Å². The number of ether oxygens (including phenoxy) is 2. The number of allylic oxidation sites excluding steroid dienone is 2. The summed E-state index contributed by atoms with van der Waals surface area (Å²) in [4.78, 5) is 10.5. The molecule has 3 nitrogen and oxygen atoms in total. The predicted molar refractivity (Wildman–Crippen MR) is 60.5 cm³/mol. The number of aldehydes is 1. The summed E-state index contributed by atoms with van der Waals surface area (Å²) in [5.74, 6) is 0.382. The Hall–Kier alpha value is -0.830. The number of methoxy groups -OCH3 is 1. The zero-order valence-electron chi connectivity index (χ0n) is 9.83. The summed E-state index contributed by atoms with van der Waals surface area (Å²) in [6, 6.07) is 0. The van der Waals surface area contributed by atoms with Gasteiger partial charge in [-0.25, -0.2) is 0 Å². The van der Waals surface area contributed by atoms with E-state index in [9.17, 15) is 4.79 Å². The van der Waals surface area contributed by atoms with E-state index < -0.39 is 0 Å². The number of hydrogen-bond acceptors (Lipinski definition) is 3. The van der Waals surface area contributed by atoms with Crippen LogP contribution in [0.3, 0.4) is 0 Å². The molecule has 0 aliphatic heterocycles. The van der Waals surface area contributed by atoms with Crippen molar-refractivity contribution in [3.05, 3.63) is 11.8 Å². The quantitative estimate of drug-likeness (QED) is 0.184. The first-order valence-corrected chi connectivity index (χ1v) is 5.62. The van der Waals surface area contributed by atoms with E-state index in [-0.39, 0.29) is 6.79 Å². The van der Waals surface area contributed by atoms with Crippen molar-refractivity contribution in [1.29, 1.82) is 0 Å². The second kappa shape index (κ2) is 11.2. The minimum absolute atomic E-state index is 0.139. The van der Waals surface area contributed by atoms with Crippen molar-refractivity contribution in [3.63, 3.8) is 0 Å². The van der Waals surface area contributed by atoms with Crippen molar-refractivity contribution in [1.82, 2.24) is 0 Å². The Morgan fingerprint density at radius 1 is 1.20 bits per heavy atom. The van der Waals surface area contributed by atoms with Gasteiger partial charge >= 0.3 is 0 Å². The molecule has 0 rings (SSSR count). The van der Waals surface area contributed by atoms with Crippen molar-refractivity contribution in [2.75, 3.05) is 13.9 Å². The Kier molecular flexibility index (Phi) is 10.6. The third-order valence-corrected chi connectivity index (χ3v) is 2.11. The largest absolute Gasteiger partial charge is 0.464 e. The molecule has 0 spiro atoms. The van der Waals surface area contributed by atoms with Crippen LogP contribution in [0.1, 0.15) is 45.4 Å². The van der Waals surface area contributed by atoms with Crippen LogP contribution in [-0.4, -0.2) is 20.2 Å². The van der Waals surface area contributed by atoms with Gasteiger partial charge in [0, 0.05) is 7.11 Å². The van der Waals surface area contributed by atoms with E-state index in [1.807, 2.05) is 6.08 Å². The van der Waals surface area contributed by atoms with Crippen molar-refractivity contribution < 1.29 is 14.3 Å². The highest BCUT2D eigenvalue weighted by Crippen LogP contribution is 2.07. The van der Waals surface area contributed by atoms with Gasteiger partial charge in [0.2, 0.25) is 0 Å². The summed E-state index contributed by atoms with van der Waals surface area (Å²) in [7, 11) is 1.53. The average Bonchev–Trinajstić information content (AvgIpc) is 2.27. The lowest BCUT2D eigenvalue weighted by atomic mass is 10.1. The highest BCUT2D eigenvalue weighted by atomic mass is 16.7. The van der Waals surface area contributed by atoms with Crippen LogP contribution in [-0.2, 0) is 14.3 Å². The first kappa shape index (κ1) is 14.2. The van der Waals surface area contributed by atoms with Gasteiger partial charge in [0.1, 0.15) is 0 Å². The lowest BCUT2D eigenvalue weighted by Crippen LogP contribution is -1.97. The molecule has 0 fully saturated rings. The predicted octanol–water partition coefficient (Wildman–Crippen LogP) is 3.05. The van der Waals surface area contributed by atoms with Gasteiger partial charge in [0.05, 0.1) is 0 Å². The summed E-state index contributed by atoms with van der Waals surface area (Å²) < 4.78 is 9.75. The minimum Gasteiger partial charge on any atom is -0.464 e. The zero-order chi connectivity index (χ0) is 11.4. The first-order chi connectivity index (χ1) is 7.35. The second-order valence-electron chi connectivity index (χ2n) is 3.48. The number of hydrogen-bond donors (Lipinski definition) is 0. The topological polar surface area (TPSA) is 35.5 Å². The monoisotopic (exact) mass is 214 g/mol. The maximum atomic E-state index is 10.5. The highest BCUT2D eigenvalue weighted by Gasteiger charge is 1.94. The van der Waals surface area contributed by atoms with Crippen LogP contribution in [0.2, 0.25) is 0 Å². The molecule has 15 heavy (non-hydrogen) atoms. The summed E-state index contributed by atoms with van der Waals surface area (Å²) in [5, 5.41) is 0. The fourth-order valence-corrected chi connectivity index (χ4v) is 1.26. The molecule has 0 aliphatic rings. The molecule has 0 amide bonds. The highest BCUT2D eigenvalue weighted by molar-refractivity contribution is 5.69. The van der Waals surface area contributed by atoms with Gasteiger partial charge in [-0.15, -0.1) is 0 Å². The van der Waals surface area contributed by atoms with Crippen molar-refractivity contribution >= 4 is 6.29 Å². The summed E-state index contributed by atoms with van der Waals surface area (Å²) in [6.07, 6.45) is 9.63. The lowest BCUT2D eigenvalue weighted by Gasteiger charge is -2.03. The molecule has 0 aromatic carbocycles. The average molecular weight is 214 g/mol. The number of unbranched alkanes of at least 4 members (excludes halogenated alkanes) is 5. The number of carbonyl (C=O) groups excluding carboxylic acids is 1. The zero-order valence-corrected chi connectivity index (χ0v) is 9.83. The minimum atomic E-state index is 0.139. The maximum absolute atomic E-state index is 10.5. The fraction of sp³-hybridized carbons (Fsp3) is 0.750. The summed E-state index contributed by atoms with van der Waals surface area (Å²) in [5.41, 5.74) is 0. The molecule has 0 bridgehead atoms. The van der Waals surface area contributed by atoms with Gasteiger partial charge < -0.3 is 9.47 Å². The molecular weight excluding hydrogens is 192 g/mol. The standard InChI is InChI=1S/C12H22O3/c1-3-4-5-6-7-8-9-12(10-13)15-11-14-2/h9-10H,3-8,11H2,1-2H3. The van der Waals surface area contributed by atoms with Crippen LogP contribution in [0.25, 0.3) is 0 Å². The molecule has 0 saturated carbocycles. The molecule has 0 aromatic heterocycles. The fourth-order valence-electron chi connectivity index (χ4n) is 1.26. The third kappa shape index (κ3) is 9.47. The molecule has 0 N–H and O–H groups in total. The van der Waals surface area contributed by atoms with Gasteiger partial charge in [-0.3, -0.25) is 4.79 Å². The molecular formula is C12H22O3. The van der Waals surface area contributed by atoms with E-state index >= 15 is 0 Å². The maximum Gasteiger partial charge on any atom is 0.188 e. The molecule has 3 heteroatoms. The Morgan fingerprint density at radius 2 is 1.93 bits per heavy atom. The van der Waals surface area contributed by atoms with Gasteiger partial charge in [-0.05, 0) is 18.9 Å². The summed E-state index contributed by atoms with van der Waals surface area (Å²) in [6.45, 7) is 2.34. The molecule has 0 heterocycles. The normalized spacial score (nSPS) is 11.5. The van der Waals surface area contributed by atoms with Crippen LogP contribution >= 0.6 is 0 Å². The van der Waals surface area contributed by atoms with Crippen LogP contribution in [0.5, 0.6) is 0 Å². The molecule has 0 atom stereocenters. The smallest absolute Gasteiger partial charge is 0.188 e. The Labute approximate surface area is 92.5 Å². The number of carbonyl (C=O) groups is 1. The van der Waals surface area contributed by atoms with Crippen LogP contribution in [0, 0.1) is 0 Å². The van der Waals surface area contributed by atoms with E-state index in [0.717, 1.165) is 19.1 Å². The molecule has 0 aromatic rings. The van der Waals surface area contributed by atoms with Crippen molar-refractivity contribution in [3.8, 4) is 0 Å². The van der Waals surface area contributed by atoms with Crippen molar-refractivity contribution in [2.24, 2.45) is 0 Å². The number of rotatable bonds is 10. The second-order valence-corrected chi connectivity index (χ2v) is 3.48. The molecule has 0 unspecified atom stereocenters. The van der Waals surface area contributed by atoms with Gasteiger partial charge in [0.15, 0.2) is 18.8 Å². The Morgan fingerprint density at radius 3 is 2.53 bits per heavy atom.